The van der Waals surface area contributed by atoms with E-state index in [-0.39, 0.29) is 0 Å². The maximum Gasteiger partial charge on any atom is 0.0720 e. The third kappa shape index (κ3) is 0.452. The Morgan fingerprint density at radius 1 is 1.50 bits per heavy atom. The largest absolute Gasteiger partial charge is 0.328 e. The zero-order chi connectivity index (χ0) is 4.57. The van der Waals surface area contributed by atoms with Gasteiger partial charge in [-0.2, -0.15) is 0 Å². The summed E-state index contributed by atoms with van der Waals surface area (Å²) in [5.41, 5.74) is 5.40. The third-order valence-corrected chi connectivity index (χ3v) is 1.38. The van der Waals surface area contributed by atoms with Crippen LogP contribution in [0, 0.1) is 0 Å². The van der Waals surface area contributed by atoms with Crippen LogP contribution in [0.3, 0.4) is 0 Å². The lowest BCUT2D eigenvalue weighted by Gasteiger charge is -2.30. The SMILES string of the molecule is [B][C@H]1CC[C@H]1N. The van der Waals surface area contributed by atoms with E-state index in [2.05, 4.69) is 0 Å². The Morgan fingerprint density at radius 2 is 2.00 bits per heavy atom. The minimum Gasteiger partial charge on any atom is -0.328 e. The Bertz CT molecular complexity index is 47.5. The molecular weight excluding hydrogens is 72.9 g/mol. The molecular formula is C4H8BN. The highest BCUT2D eigenvalue weighted by atomic mass is 14.7. The summed E-state index contributed by atoms with van der Waals surface area (Å²) in [6.07, 6.45) is 2.25. The van der Waals surface area contributed by atoms with Crippen LogP contribution in [0.2, 0.25) is 5.82 Å². The Labute approximate surface area is 39.3 Å². The summed E-state index contributed by atoms with van der Waals surface area (Å²) in [5, 5.41) is 0. The maximum atomic E-state index is 5.40. The van der Waals surface area contributed by atoms with Gasteiger partial charge in [-0.3, -0.25) is 0 Å². The molecule has 2 N–H and O–H groups in total. The summed E-state index contributed by atoms with van der Waals surface area (Å²) < 4.78 is 0. The average molecular weight is 80.9 g/mol. The molecule has 2 radical (unpaired) electrons. The Balaban J connectivity index is 2.20. The van der Waals surface area contributed by atoms with E-state index in [1.165, 1.54) is 0 Å². The molecule has 1 saturated carbocycles. The van der Waals surface area contributed by atoms with Gasteiger partial charge >= 0.3 is 0 Å². The highest BCUT2D eigenvalue weighted by molar-refractivity contribution is 6.12. The summed E-state index contributed by atoms with van der Waals surface area (Å²) in [6.45, 7) is 0. The number of nitrogens with two attached hydrogens (primary N) is 1. The smallest absolute Gasteiger partial charge is 0.0720 e. The van der Waals surface area contributed by atoms with E-state index in [9.17, 15) is 0 Å². The van der Waals surface area contributed by atoms with Crippen LogP contribution in [0.5, 0.6) is 0 Å². The van der Waals surface area contributed by atoms with E-state index < -0.39 is 0 Å². The van der Waals surface area contributed by atoms with Crippen molar-refractivity contribution in [2.24, 2.45) is 5.73 Å². The lowest BCUT2D eigenvalue weighted by atomic mass is 9.67. The number of hydrogen-bond acceptors (Lipinski definition) is 1. The second kappa shape index (κ2) is 1.26. The van der Waals surface area contributed by atoms with Crippen molar-refractivity contribution in [1.29, 1.82) is 0 Å². The quantitative estimate of drug-likeness (QED) is 0.410. The molecule has 2 atom stereocenters. The Hall–Kier alpha value is 0.0249. The molecule has 1 nitrogen and oxygen atoms in total. The molecule has 32 valence electrons. The van der Waals surface area contributed by atoms with Crippen LogP contribution < -0.4 is 5.73 Å². The van der Waals surface area contributed by atoms with Crippen LogP contribution >= 0.6 is 0 Å². The maximum absolute atomic E-state index is 5.40. The van der Waals surface area contributed by atoms with Crippen molar-refractivity contribution in [3.63, 3.8) is 0 Å². The summed E-state index contributed by atoms with van der Waals surface area (Å²) in [5.74, 6) is 0.310. The summed E-state index contributed by atoms with van der Waals surface area (Å²) in [6, 6.07) is 0.310. The van der Waals surface area contributed by atoms with Crippen LogP contribution in [0.25, 0.3) is 0 Å². The number of hydrogen-bond donors (Lipinski definition) is 1. The van der Waals surface area contributed by atoms with Gasteiger partial charge in [0, 0.05) is 0 Å². The van der Waals surface area contributed by atoms with Crippen LogP contribution in [0.4, 0.5) is 0 Å². The van der Waals surface area contributed by atoms with Crippen LogP contribution in [0.15, 0.2) is 0 Å². The molecule has 6 heavy (non-hydrogen) atoms. The molecule has 0 amide bonds. The van der Waals surface area contributed by atoms with Crippen molar-refractivity contribution in [2.75, 3.05) is 0 Å². The van der Waals surface area contributed by atoms with Gasteiger partial charge in [-0.15, -0.1) is 0 Å². The zero-order valence-corrected chi connectivity index (χ0v) is 3.72. The molecule has 1 rings (SSSR count). The fourth-order valence-electron chi connectivity index (χ4n) is 0.552. The fraction of sp³-hybridized carbons (Fsp3) is 1.00. The first-order valence-electron chi connectivity index (χ1n) is 2.32. The second-order valence-corrected chi connectivity index (χ2v) is 1.91. The van der Waals surface area contributed by atoms with Gasteiger partial charge in [0.15, 0.2) is 0 Å². The molecule has 0 spiro atoms. The summed E-state index contributed by atoms with van der Waals surface area (Å²) in [4.78, 5) is 0. The Morgan fingerprint density at radius 3 is 2.00 bits per heavy atom. The van der Waals surface area contributed by atoms with E-state index in [0.717, 1.165) is 12.8 Å². The molecule has 2 heteroatoms. The highest BCUT2D eigenvalue weighted by Crippen LogP contribution is 2.27. The lowest BCUT2D eigenvalue weighted by Crippen LogP contribution is -2.34. The van der Waals surface area contributed by atoms with Crippen molar-refractivity contribution < 1.29 is 0 Å². The van der Waals surface area contributed by atoms with Crippen LogP contribution in [-0.2, 0) is 0 Å². The fourth-order valence-corrected chi connectivity index (χ4v) is 0.552. The van der Waals surface area contributed by atoms with Gasteiger partial charge in [0.1, 0.15) is 0 Å². The van der Waals surface area contributed by atoms with Crippen LogP contribution in [0.1, 0.15) is 12.8 Å². The second-order valence-electron chi connectivity index (χ2n) is 1.91. The van der Waals surface area contributed by atoms with E-state index in [0.29, 0.717) is 11.9 Å². The first-order chi connectivity index (χ1) is 2.80. The average Bonchev–Trinajstić information content (AvgIpc) is 1.61. The van der Waals surface area contributed by atoms with E-state index in [1.54, 1.807) is 0 Å². The molecule has 0 aromatic heterocycles. The molecule has 0 aromatic carbocycles. The van der Waals surface area contributed by atoms with Gasteiger partial charge in [0.2, 0.25) is 0 Å². The van der Waals surface area contributed by atoms with Crippen molar-refractivity contribution in [1.82, 2.24) is 0 Å². The first-order valence-corrected chi connectivity index (χ1v) is 2.32. The Kier molecular flexibility index (Phi) is 0.883. The van der Waals surface area contributed by atoms with Crippen LogP contribution in [-0.4, -0.2) is 13.9 Å². The van der Waals surface area contributed by atoms with Gasteiger partial charge in [0.25, 0.3) is 0 Å². The molecule has 0 aromatic rings. The van der Waals surface area contributed by atoms with Crippen molar-refractivity contribution in [3.8, 4) is 0 Å². The van der Waals surface area contributed by atoms with E-state index in [4.69, 9.17) is 13.6 Å². The molecule has 0 heterocycles. The molecule has 1 fully saturated rings. The zero-order valence-electron chi connectivity index (χ0n) is 3.72. The van der Waals surface area contributed by atoms with Gasteiger partial charge < -0.3 is 5.73 Å². The third-order valence-electron chi connectivity index (χ3n) is 1.38. The molecule has 1 aliphatic carbocycles. The normalized spacial score (nSPS) is 44.8. The predicted octanol–water partition coefficient (Wildman–Crippen LogP) is 0.0645. The first kappa shape index (κ1) is 4.19. The standard InChI is InChI=1S/C4H8BN/c5-3-1-2-4(3)6/h3-4H,1-2,6H2/t3-,4+/m0/s1. The monoisotopic (exact) mass is 81.1 g/mol. The predicted molar refractivity (Wildman–Crippen MR) is 26.7 cm³/mol. The van der Waals surface area contributed by atoms with Crippen molar-refractivity contribution >= 4 is 7.85 Å². The molecule has 0 aliphatic heterocycles. The lowest BCUT2D eigenvalue weighted by molar-refractivity contribution is 0.418. The van der Waals surface area contributed by atoms with Gasteiger partial charge in [-0.25, -0.2) is 0 Å². The van der Waals surface area contributed by atoms with E-state index >= 15 is 0 Å². The number of rotatable bonds is 0. The van der Waals surface area contributed by atoms with Gasteiger partial charge in [-0.1, -0.05) is 12.2 Å². The topological polar surface area (TPSA) is 26.0 Å². The van der Waals surface area contributed by atoms with Gasteiger partial charge in [0.05, 0.1) is 7.85 Å². The summed E-state index contributed by atoms with van der Waals surface area (Å²) in [7, 11) is 5.40. The van der Waals surface area contributed by atoms with Crippen molar-refractivity contribution in [3.05, 3.63) is 0 Å². The minimum absolute atomic E-state index is 0.310. The molecule has 1 aliphatic rings. The highest BCUT2D eigenvalue weighted by Gasteiger charge is 2.20. The molecule has 0 unspecified atom stereocenters. The molecule has 0 bridgehead atoms. The summed E-state index contributed by atoms with van der Waals surface area (Å²) >= 11 is 0. The molecule has 0 saturated heterocycles. The minimum atomic E-state index is 0.310. The van der Waals surface area contributed by atoms with Crippen molar-refractivity contribution in [2.45, 2.75) is 24.7 Å². The van der Waals surface area contributed by atoms with E-state index in [1.807, 2.05) is 0 Å². The van der Waals surface area contributed by atoms with Gasteiger partial charge in [-0.05, 0) is 12.5 Å².